The third kappa shape index (κ3) is 3.18. The molecule has 152 valence electrons. The Balaban J connectivity index is 1.85. The Labute approximate surface area is 174 Å². The fraction of sp³-hybridized carbons (Fsp3) is 0.0435. The highest BCUT2D eigenvalue weighted by Crippen LogP contribution is 2.30. The highest BCUT2D eigenvalue weighted by atomic mass is 19.1. The average molecular weight is 416 g/mol. The largest absolute Gasteiger partial charge is 0.444 e. The van der Waals surface area contributed by atoms with Crippen LogP contribution in [0.2, 0.25) is 0 Å². The molecule has 0 aliphatic carbocycles. The van der Waals surface area contributed by atoms with Gasteiger partial charge in [0.05, 0.1) is 6.20 Å². The van der Waals surface area contributed by atoms with Gasteiger partial charge in [-0.25, -0.2) is 13.8 Å². The van der Waals surface area contributed by atoms with Crippen molar-refractivity contribution in [3.8, 4) is 28.3 Å². The topological polar surface area (TPSA) is 73.8 Å². The van der Waals surface area contributed by atoms with E-state index < -0.39 is 22.9 Å². The number of benzene rings is 2. The molecule has 0 saturated carbocycles. The molecule has 0 N–H and O–H groups in total. The van der Waals surface area contributed by atoms with Crippen molar-refractivity contribution in [3.63, 3.8) is 0 Å². The van der Waals surface area contributed by atoms with Crippen LogP contribution >= 0.6 is 0 Å². The van der Waals surface area contributed by atoms with Gasteiger partial charge in [0.1, 0.15) is 16.9 Å². The van der Waals surface area contributed by atoms with E-state index in [4.69, 9.17) is 4.42 Å². The van der Waals surface area contributed by atoms with Crippen molar-refractivity contribution in [2.24, 2.45) is 0 Å². The molecule has 6 nitrogen and oxygen atoms in total. The van der Waals surface area contributed by atoms with Crippen LogP contribution in [-0.4, -0.2) is 19.7 Å². The van der Waals surface area contributed by atoms with Gasteiger partial charge in [0.2, 0.25) is 0 Å². The number of pyridine rings is 1. The molecule has 5 rings (SSSR count). The van der Waals surface area contributed by atoms with E-state index in [1.807, 2.05) is 25.1 Å². The highest BCUT2D eigenvalue weighted by Gasteiger charge is 2.20. The summed E-state index contributed by atoms with van der Waals surface area (Å²) >= 11 is 0. The SMILES string of the molecule is Cc1cc(-c2cnco2)cc(-c2nn(-c3c(F)cccc3F)c(=O)c3ncccc23)c1. The maximum Gasteiger partial charge on any atom is 0.298 e. The van der Waals surface area contributed by atoms with Crippen LogP contribution in [0.5, 0.6) is 0 Å². The zero-order chi connectivity index (χ0) is 21.5. The van der Waals surface area contributed by atoms with Gasteiger partial charge >= 0.3 is 0 Å². The molecule has 0 unspecified atom stereocenters. The molecule has 0 saturated heterocycles. The Morgan fingerprint density at radius 1 is 1.00 bits per heavy atom. The van der Waals surface area contributed by atoms with E-state index >= 15 is 0 Å². The molecule has 0 spiro atoms. The van der Waals surface area contributed by atoms with Crippen molar-refractivity contribution in [1.29, 1.82) is 0 Å². The Hall–Kier alpha value is -4.20. The highest BCUT2D eigenvalue weighted by molar-refractivity contribution is 5.92. The Kier molecular flexibility index (Phi) is 4.39. The van der Waals surface area contributed by atoms with Crippen LogP contribution in [0.4, 0.5) is 8.78 Å². The minimum absolute atomic E-state index is 0.0536. The summed E-state index contributed by atoms with van der Waals surface area (Å²) in [5.74, 6) is -1.24. The summed E-state index contributed by atoms with van der Waals surface area (Å²) in [4.78, 5) is 21.1. The summed E-state index contributed by atoms with van der Waals surface area (Å²) < 4.78 is 35.1. The first-order valence-corrected chi connectivity index (χ1v) is 9.36. The third-order valence-electron chi connectivity index (χ3n) is 4.87. The standard InChI is InChI=1S/C23H14F2N4O2/c1-13-8-14(19-11-26-12-31-19)10-15(9-13)20-16-4-3-7-27-21(16)23(30)29(28-20)22-17(24)5-2-6-18(22)25/h2-12H,1H3. The number of nitrogens with zero attached hydrogens (tertiary/aromatic N) is 4. The fourth-order valence-corrected chi connectivity index (χ4v) is 3.54. The average Bonchev–Trinajstić information content (AvgIpc) is 3.30. The van der Waals surface area contributed by atoms with Gasteiger partial charge in [-0.3, -0.25) is 9.78 Å². The van der Waals surface area contributed by atoms with Gasteiger partial charge in [-0.05, 0) is 55.0 Å². The molecule has 2 aromatic carbocycles. The predicted octanol–water partition coefficient (Wildman–Crippen LogP) is 4.69. The molecular weight excluding hydrogens is 402 g/mol. The van der Waals surface area contributed by atoms with Gasteiger partial charge in [0.25, 0.3) is 5.56 Å². The fourth-order valence-electron chi connectivity index (χ4n) is 3.54. The molecule has 0 aliphatic rings. The lowest BCUT2D eigenvalue weighted by atomic mass is 10.0. The van der Waals surface area contributed by atoms with Crippen LogP contribution in [0, 0.1) is 18.6 Å². The number of para-hydroxylation sites is 1. The molecule has 31 heavy (non-hydrogen) atoms. The van der Waals surface area contributed by atoms with Crippen molar-refractivity contribution in [3.05, 3.63) is 94.9 Å². The van der Waals surface area contributed by atoms with Crippen LogP contribution in [0.15, 0.2) is 76.5 Å². The number of halogens is 2. The van der Waals surface area contributed by atoms with Crippen molar-refractivity contribution >= 4 is 10.9 Å². The van der Waals surface area contributed by atoms with Gasteiger partial charge in [-0.1, -0.05) is 6.07 Å². The maximum absolute atomic E-state index is 14.5. The molecule has 3 heterocycles. The van der Waals surface area contributed by atoms with Gasteiger partial charge in [0, 0.05) is 22.7 Å². The Bertz CT molecular complexity index is 1470. The van der Waals surface area contributed by atoms with Crippen molar-refractivity contribution in [2.75, 3.05) is 0 Å². The van der Waals surface area contributed by atoms with E-state index in [2.05, 4.69) is 15.1 Å². The molecule has 8 heteroatoms. The van der Waals surface area contributed by atoms with E-state index in [1.165, 1.54) is 18.7 Å². The Morgan fingerprint density at radius 3 is 2.52 bits per heavy atom. The molecule has 0 radical (unpaired) electrons. The van der Waals surface area contributed by atoms with E-state index in [-0.39, 0.29) is 5.52 Å². The molecule has 5 aromatic rings. The maximum atomic E-state index is 14.5. The lowest BCUT2D eigenvalue weighted by molar-refractivity contribution is 0.555. The molecule has 0 atom stereocenters. The molecule has 3 aromatic heterocycles. The van der Waals surface area contributed by atoms with E-state index in [1.54, 1.807) is 18.3 Å². The zero-order valence-corrected chi connectivity index (χ0v) is 16.2. The number of rotatable bonds is 3. The zero-order valence-electron chi connectivity index (χ0n) is 16.2. The third-order valence-corrected chi connectivity index (χ3v) is 4.87. The lowest BCUT2D eigenvalue weighted by Gasteiger charge is -2.13. The number of oxazole rings is 1. The summed E-state index contributed by atoms with van der Waals surface area (Å²) in [6, 6.07) is 12.3. The van der Waals surface area contributed by atoms with Crippen molar-refractivity contribution in [2.45, 2.75) is 6.92 Å². The van der Waals surface area contributed by atoms with Crippen LogP contribution in [0.25, 0.3) is 39.2 Å². The van der Waals surface area contributed by atoms with Crippen molar-refractivity contribution < 1.29 is 13.2 Å². The molecular formula is C23H14F2N4O2. The predicted molar refractivity (Wildman–Crippen MR) is 111 cm³/mol. The summed E-state index contributed by atoms with van der Waals surface area (Å²) in [5.41, 5.74) is 1.43. The first-order chi connectivity index (χ1) is 15.0. The quantitative estimate of drug-likeness (QED) is 0.427. The summed E-state index contributed by atoms with van der Waals surface area (Å²) in [7, 11) is 0. The van der Waals surface area contributed by atoms with Crippen LogP contribution in [0.1, 0.15) is 5.56 Å². The molecule has 0 fully saturated rings. The number of fused-ring (bicyclic) bond motifs is 1. The number of aromatic nitrogens is 4. The van der Waals surface area contributed by atoms with E-state index in [9.17, 15) is 13.6 Å². The molecule has 0 bridgehead atoms. The van der Waals surface area contributed by atoms with Gasteiger partial charge in [-0.2, -0.15) is 9.78 Å². The van der Waals surface area contributed by atoms with E-state index in [0.29, 0.717) is 22.4 Å². The summed E-state index contributed by atoms with van der Waals surface area (Å²) in [6.45, 7) is 1.90. The van der Waals surface area contributed by atoms with E-state index in [0.717, 1.165) is 27.9 Å². The van der Waals surface area contributed by atoms with Gasteiger partial charge < -0.3 is 4.42 Å². The van der Waals surface area contributed by atoms with Crippen LogP contribution in [0.3, 0.4) is 0 Å². The first-order valence-electron chi connectivity index (χ1n) is 9.36. The molecule has 0 amide bonds. The normalized spacial score (nSPS) is 11.2. The van der Waals surface area contributed by atoms with Crippen molar-refractivity contribution in [1.82, 2.24) is 19.7 Å². The van der Waals surface area contributed by atoms with Crippen LogP contribution in [-0.2, 0) is 0 Å². The summed E-state index contributed by atoms with van der Waals surface area (Å²) in [6.07, 6.45) is 4.36. The number of hydrogen-bond donors (Lipinski definition) is 0. The van der Waals surface area contributed by atoms with Gasteiger partial charge in [-0.15, -0.1) is 0 Å². The smallest absolute Gasteiger partial charge is 0.298 e. The Morgan fingerprint density at radius 2 is 1.77 bits per heavy atom. The van der Waals surface area contributed by atoms with Crippen LogP contribution < -0.4 is 5.56 Å². The number of hydrogen-bond acceptors (Lipinski definition) is 5. The number of aryl methyl sites for hydroxylation is 1. The second-order valence-corrected chi connectivity index (χ2v) is 6.99. The minimum atomic E-state index is -0.901. The second kappa shape index (κ2) is 7.24. The minimum Gasteiger partial charge on any atom is -0.444 e. The first kappa shape index (κ1) is 18.8. The monoisotopic (exact) mass is 416 g/mol. The second-order valence-electron chi connectivity index (χ2n) is 6.99. The lowest BCUT2D eigenvalue weighted by Crippen LogP contribution is -2.25. The van der Waals surface area contributed by atoms with Gasteiger partial charge in [0.15, 0.2) is 23.8 Å². The molecule has 0 aliphatic heterocycles. The summed E-state index contributed by atoms with van der Waals surface area (Å²) in [5, 5.41) is 4.83.